The molecule has 0 aromatic rings. The van der Waals surface area contributed by atoms with Gasteiger partial charge in [0, 0.05) is 12.8 Å². The van der Waals surface area contributed by atoms with Crippen LogP contribution in [0.3, 0.4) is 0 Å². The van der Waals surface area contributed by atoms with Gasteiger partial charge in [-0.1, -0.05) is 317 Å². The third-order valence-electron chi connectivity index (χ3n) is 16.4. The molecule has 0 aliphatic heterocycles. The minimum Gasteiger partial charge on any atom is -0.456 e. The molecule has 0 rings (SSSR count). The molecule has 0 aliphatic rings. The molecule has 0 heterocycles. The van der Waals surface area contributed by atoms with Gasteiger partial charge in [-0.25, -0.2) is 4.57 Å². The Morgan fingerprint density at radius 3 is 1.09 bits per heavy atom. The van der Waals surface area contributed by atoms with Crippen molar-refractivity contribution in [1.29, 1.82) is 0 Å². The first-order chi connectivity index (χ1) is 43.9. The highest BCUT2D eigenvalue weighted by molar-refractivity contribution is 7.47. The number of phosphoric ester groups is 1. The fourth-order valence-corrected chi connectivity index (χ4v) is 11.4. The summed E-state index contributed by atoms with van der Waals surface area (Å²) in [4.78, 5) is 38.0. The van der Waals surface area contributed by atoms with Gasteiger partial charge in [-0.2, -0.15) is 0 Å². The predicted octanol–water partition coefficient (Wildman–Crippen LogP) is 24.4. The number of unbranched alkanes of at least 4 members (excludes halogenated alkanes) is 36. The van der Waals surface area contributed by atoms with Crippen LogP contribution < -0.4 is 5.32 Å². The fourth-order valence-electron chi connectivity index (χ4n) is 10.7. The monoisotopic (exact) mass is 1280 g/mol. The second-order valence-corrected chi connectivity index (χ2v) is 27.9. The Labute approximate surface area is 557 Å². The summed E-state index contributed by atoms with van der Waals surface area (Å²) in [6, 6.07) is -0.858. The molecular formula is C80H144N2O7P+. The molecule has 3 atom stereocenters. The lowest BCUT2D eigenvalue weighted by atomic mass is 10.0. The summed E-state index contributed by atoms with van der Waals surface area (Å²) in [5.74, 6) is -0.508. The third-order valence-corrected chi connectivity index (χ3v) is 17.4. The molecule has 10 heteroatoms. The van der Waals surface area contributed by atoms with E-state index in [0.717, 1.165) is 116 Å². The van der Waals surface area contributed by atoms with Gasteiger partial charge in [0.05, 0.1) is 33.8 Å². The molecule has 0 saturated carbocycles. The van der Waals surface area contributed by atoms with E-state index < -0.39 is 20.0 Å². The molecule has 3 unspecified atom stereocenters. The van der Waals surface area contributed by atoms with Gasteiger partial charge in [0.15, 0.2) is 0 Å². The van der Waals surface area contributed by atoms with Crippen molar-refractivity contribution in [3.05, 3.63) is 109 Å². The molecule has 0 radical (unpaired) electrons. The molecule has 2 N–H and O–H groups in total. The standard InChI is InChI=1S/C80H143N2O7P/c1-7-10-13-16-19-22-25-28-30-32-34-36-38-40-41-43-44-46-48-50-52-54-57-60-63-66-69-72-79(83)81-77(76-88-90(85,86)87-75-74-82(4,5)6)78(71-68-65-62-59-56-27-24-21-18-15-12-9-3)89-80(84)73-70-67-64-61-58-55-53-51-49-47-45-42-39-37-35-33-31-29-26-23-20-17-14-11-8-2/h11,14,19-20,22-23,28-31,34-37,42,45,68,71,77-78H,7-10,12-13,15-18,21,24-27,32-33,38-41,43-44,46-67,69-70,72-76H2,1-6H3,(H-,81,83,85,86)/p+1/b14-11-,22-19-,23-20-,30-28-,31-29-,36-34-,37-35-,45-42-,71-68+. The van der Waals surface area contributed by atoms with Gasteiger partial charge in [0.1, 0.15) is 19.3 Å². The van der Waals surface area contributed by atoms with E-state index in [1.165, 1.54) is 186 Å². The summed E-state index contributed by atoms with van der Waals surface area (Å²) < 4.78 is 30.9. The second kappa shape index (κ2) is 68.5. The van der Waals surface area contributed by atoms with Crippen molar-refractivity contribution in [3.8, 4) is 0 Å². The molecular weight excluding hydrogens is 1130 g/mol. The van der Waals surface area contributed by atoms with Crippen molar-refractivity contribution in [2.45, 2.75) is 348 Å². The summed E-state index contributed by atoms with van der Waals surface area (Å²) in [5.41, 5.74) is 0. The zero-order valence-corrected chi connectivity index (χ0v) is 60.5. The molecule has 0 aliphatic carbocycles. The lowest BCUT2D eigenvalue weighted by molar-refractivity contribution is -0.870. The zero-order valence-electron chi connectivity index (χ0n) is 59.6. The molecule has 0 saturated heterocycles. The number of amides is 1. The molecule has 0 bridgehead atoms. The number of hydrogen-bond acceptors (Lipinski definition) is 6. The molecule has 0 aromatic heterocycles. The van der Waals surface area contributed by atoms with Gasteiger partial charge in [0.25, 0.3) is 0 Å². The van der Waals surface area contributed by atoms with Gasteiger partial charge in [-0.15, -0.1) is 0 Å². The molecule has 9 nitrogen and oxygen atoms in total. The van der Waals surface area contributed by atoms with Gasteiger partial charge in [-0.05, 0) is 115 Å². The van der Waals surface area contributed by atoms with Gasteiger partial charge >= 0.3 is 13.8 Å². The topological polar surface area (TPSA) is 111 Å². The number of rotatable bonds is 68. The number of quaternary nitrogens is 1. The van der Waals surface area contributed by atoms with Crippen LogP contribution in [0.4, 0.5) is 0 Å². The Balaban J connectivity index is 5.01. The lowest BCUT2D eigenvalue weighted by Crippen LogP contribution is -2.47. The largest absolute Gasteiger partial charge is 0.472 e. The maximum absolute atomic E-state index is 13.7. The van der Waals surface area contributed by atoms with Crippen molar-refractivity contribution in [1.82, 2.24) is 5.32 Å². The van der Waals surface area contributed by atoms with E-state index in [0.29, 0.717) is 17.4 Å². The van der Waals surface area contributed by atoms with E-state index in [4.69, 9.17) is 13.8 Å². The van der Waals surface area contributed by atoms with Crippen molar-refractivity contribution in [2.24, 2.45) is 0 Å². The van der Waals surface area contributed by atoms with Crippen LogP contribution in [0, 0.1) is 0 Å². The summed E-state index contributed by atoms with van der Waals surface area (Å²) >= 11 is 0. The summed E-state index contributed by atoms with van der Waals surface area (Å²) in [5, 5.41) is 3.08. The van der Waals surface area contributed by atoms with Crippen LogP contribution in [-0.2, 0) is 27.9 Å². The SMILES string of the molecule is CC/C=C\C/C=C\C/C=C\C/C=C\C/C=C\CCCCCCCCCCCC(=O)OC(/C=C/CCCCCCCCCCCC)C(COP(=O)(O)OCC[N+](C)(C)C)NC(=O)CCCCCCCCCCCCCCCC/C=C\C/C=C\C/C=C\CCCCC. The molecule has 0 fully saturated rings. The number of carbonyl (C=O) groups excluding carboxylic acids is 2. The van der Waals surface area contributed by atoms with E-state index in [1.807, 2.05) is 33.3 Å². The quantitative estimate of drug-likeness (QED) is 0.0205. The fraction of sp³-hybridized carbons (Fsp3) is 0.750. The number of ether oxygens (including phenoxy) is 1. The first-order valence-corrected chi connectivity index (χ1v) is 39.2. The molecule has 90 heavy (non-hydrogen) atoms. The molecule has 0 spiro atoms. The average Bonchev–Trinajstić information content (AvgIpc) is 3.11. The van der Waals surface area contributed by atoms with Crippen molar-refractivity contribution >= 4 is 19.7 Å². The van der Waals surface area contributed by atoms with E-state index in [1.54, 1.807) is 0 Å². The van der Waals surface area contributed by atoms with E-state index in [2.05, 4.69) is 123 Å². The first-order valence-electron chi connectivity index (χ1n) is 37.7. The van der Waals surface area contributed by atoms with Crippen molar-refractivity contribution in [2.75, 3.05) is 40.9 Å². The van der Waals surface area contributed by atoms with Gasteiger partial charge < -0.3 is 19.4 Å². The highest BCUT2D eigenvalue weighted by Gasteiger charge is 2.30. The summed E-state index contributed by atoms with van der Waals surface area (Å²) in [6.45, 7) is 6.89. The van der Waals surface area contributed by atoms with Crippen LogP contribution in [0.15, 0.2) is 109 Å². The van der Waals surface area contributed by atoms with Gasteiger partial charge in [-0.3, -0.25) is 18.6 Å². The number of likely N-dealkylation sites (N-methyl/N-ethyl adjacent to an activating group) is 1. The predicted molar refractivity (Wildman–Crippen MR) is 392 cm³/mol. The second-order valence-electron chi connectivity index (χ2n) is 26.4. The van der Waals surface area contributed by atoms with E-state index in [9.17, 15) is 19.0 Å². The maximum Gasteiger partial charge on any atom is 0.472 e. The highest BCUT2D eigenvalue weighted by atomic mass is 31.2. The normalized spacial score (nSPS) is 14.1. The number of nitrogens with one attached hydrogen (secondary N) is 1. The van der Waals surface area contributed by atoms with Crippen LogP contribution in [0.2, 0.25) is 0 Å². The maximum atomic E-state index is 13.7. The minimum absolute atomic E-state index is 0.0354. The Morgan fingerprint density at radius 2 is 0.711 bits per heavy atom. The first kappa shape index (κ1) is 86.7. The summed E-state index contributed by atoms with van der Waals surface area (Å²) in [6.07, 6.45) is 95.3. The molecule has 520 valence electrons. The highest BCUT2D eigenvalue weighted by Crippen LogP contribution is 2.43. The Bertz CT molecular complexity index is 1910. The molecule has 0 aromatic carbocycles. The number of hydrogen-bond donors (Lipinski definition) is 2. The van der Waals surface area contributed by atoms with Crippen molar-refractivity contribution < 1.29 is 37.3 Å². The van der Waals surface area contributed by atoms with E-state index >= 15 is 0 Å². The Morgan fingerprint density at radius 1 is 0.400 bits per heavy atom. The number of phosphoric acid groups is 1. The zero-order chi connectivity index (χ0) is 65.6. The Kier molecular flexibility index (Phi) is 66.0. The smallest absolute Gasteiger partial charge is 0.456 e. The van der Waals surface area contributed by atoms with Crippen LogP contribution in [0.25, 0.3) is 0 Å². The number of allylic oxidation sites excluding steroid dienone is 17. The van der Waals surface area contributed by atoms with Crippen LogP contribution in [0.5, 0.6) is 0 Å². The number of esters is 1. The number of nitrogens with zero attached hydrogens (tertiary/aromatic N) is 1. The minimum atomic E-state index is -4.46. The van der Waals surface area contributed by atoms with Crippen LogP contribution in [0.1, 0.15) is 335 Å². The van der Waals surface area contributed by atoms with Crippen LogP contribution in [-0.4, -0.2) is 74.3 Å². The van der Waals surface area contributed by atoms with Gasteiger partial charge in [0.2, 0.25) is 5.91 Å². The number of carbonyl (C=O) groups is 2. The van der Waals surface area contributed by atoms with Crippen LogP contribution >= 0.6 is 7.82 Å². The van der Waals surface area contributed by atoms with E-state index in [-0.39, 0.29) is 31.5 Å². The third kappa shape index (κ3) is 69.0. The molecule has 1 amide bonds. The van der Waals surface area contributed by atoms with Crippen molar-refractivity contribution in [3.63, 3.8) is 0 Å². The average molecular weight is 1280 g/mol. The Hall–Kier alpha value is -3.33. The summed E-state index contributed by atoms with van der Waals surface area (Å²) in [7, 11) is 1.49. The lowest BCUT2D eigenvalue weighted by Gasteiger charge is -2.27.